The number of anilines is 1. The number of nitrogens with one attached hydrogen (secondary N) is 1. The molecule has 0 aliphatic heterocycles. The Kier molecular flexibility index (Phi) is 3.47. The maximum Gasteiger partial charge on any atom is 0.152 e. The van der Waals surface area contributed by atoms with E-state index >= 15 is 0 Å². The summed E-state index contributed by atoms with van der Waals surface area (Å²) in [6.07, 6.45) is 7.01. The molecule has 0 aliphatic rings. The molecule has 0 aliphatic carbocycles. The quantitative estimate of drug-likeness (QED) is 0.789. The van der Waals surface area contributed by atoms with Gasteiger partial charge in [0, 0.05) is 42.3 Å². The molecule has 0 amide bonds. The maximum atomic E-state index is 4.40. The first-order valence-electron chi connectivity index (χ1n) is 5.90. The highest BCUT2D eigenvalue weighted by atomic mass is 32.1. The van der Waals surface area contributed by atoms with Crippen LogP contribution in [0.2, 0.25) is 0 Å². The third-order valence-electron chi connectivity index (χ3n) is 2.68. The van der Waals surface area contributed by atoms with Gasteiger partial charge in [0.25, 0.3) is 0 Å². The van der Waals surface area contributed by atoms with Gasteiger partial charge in [-0.05, 0) is 23.1 Å². The Balaban J connectivity index is 1.82. The summed E-state index contributed by atoms with van der Waals surface area (Å²) in [7, 11) is 0. The van der Waals surface area contributed by atoms with Gasteiger partial charge in [0.05, 0.1) is 0 Å². The van der Waals surface area contributed by atoms with Gasteiger partial charge in [-0.25, -0.2) is 4.98 Å². The van der Waals surface area contributed by atoms with E-state index in [4.69, 9.17) is 0 Å². The van der Waals surface area contributed by atoms with Gasteiger partial charge in [0.15, 0.2) is 5.82 Å². The lowest BCUT2D eigenvalue weighted by atomic mass is 10.2. The van der Waals surface area contributed by atoms with Gasteiger partial charge in [0.1, 0.15) is 5.69 Å². The zero-order valence-corrected chi connectivity index (χ0v) is 11.0. The molecule has 0 atom stereocenters. The fourth-order valence-corrected chi connectivity index (χ4v) is 2.41. The maximum absolute atomic E-state index is 4.40. The van der Waals surface area contributed by atoms with Crippen LogP contribution in [0.25, 0.3) is 11.3 Å². The standard InChI is InChI=1S/C14H12N4S/c1-2-11(8-15-4-1)9-18-14-13(16-5-6-17-14)12-3-7-19-10-12/h1-8,10H,9H2,(H,17,18). The second-order valence-electron chi connectivity index (χ2n) is 3.98. The molecule has 3 rings (SSSR count). The van der Waals surface area contributed by atoms with Crippen molar-refractivity contribution < 1.29 is 0 Å². The number of thiophene rings is 1. The molecule has 4 nitrogen and oxygen atoms in total. The topological polar surface area (TPSA) is 50.7 Å². The van der Waals surface area contributed by atoms with Crippen molar-refractivity contribution in [3.63, 3.8) is 0 Å². The monoisotopic (exact) mass is 268 g/mol. The second-order valence-corrected chi connectivity index (χ2v) is 4.76. The van der Waals surface area contributed by atoms with Crippen LogP contribution in [0.15, 0.2) is 53.7 Å². The van der Waals surface area contributed by atoms with Crippen LogP contribution in [0.5, 0.6) is 0 Å². The lowest BCUT2D eigenvalue weighted by molar-refractivity contribution is 1.07. The molecule has 0 bridgehead atoms. The van der Waals surface area contributed by atoms with Crippen LogP contribution in [0.3, 0.4) is 0 Å². The van der Waals surface area contributed by atoms with Crippen LogP contribution in [-0.2, 0) is 6.54 Å². The summed E-state index contributed by atoms with van der Waals surface area (Å²) in [5.41, 5.74) is 3.09. The zero-order chi connectivity index (χ0) is 12.9. The van der Waals surface area contributed by atoms with Crippen LogP contribution in [0.4, 0.5) is 5.82 Å². The summed E-state index contributed by atoms with van der Waals surface area (Å²) < 4.78 is 0. The fraction of sp³-hybridized carbons (Fsp3) is 0.0714. The van der Waals surface area contributed by atoms with Gasteiger partial charge in [-0.1, -0.05) is 6.07 Å². The molecule has 19 heavy (non-hydrogen) atoms. The van der Waals surface area contributed by atoms with Gasteiger partial charge in [-0.15, -0.1) is 0 Å². The van der Waals surface area contributed by atoms with Crippen molar-refractivity contribution in [2.24, 2.45) is 0 Å². The number of pyridine rings is 1. The molecule has 0 unspecified atom stereocenters. The van der Waals surface area contributed by atoms with Gasteiger partial charge < -0.3 is 5.32 Å². The lowest BCUT2D eigenvalue weighted by Crippen LogP contribution is -2.03. The smallest absolute Gasteiger partial charge is 0.152 e. The first-order valence-corrected chi connectivity index (χ1v) is 6.84. The molecule has 3 heterocycles. The van der Waals surface area contributed by atoms with Crippen LogP contribution in [0, 0.1) is 0 Å². The summed E-state index contributed by atoms with van der Waals surface area (Å²) in [5, 5.41) is 7.41. The highest BCUT2D eigenvalue weighted by molar-refractivity contribution is 7.08. The Hall–Kier alpha value is -2.27. The SMILES string of the molecule is c1cncc(CNc2nccnc2-c2ccsc2)c1. The van der Waals surface area contributed by atoms with E-state index in [9.17, 15) is 0 Å². The fourth-order valence-electron chi connectivity index (χ4n) is 1.77. The summed E-state index contributed by atoms with van der Waals surface area (Å²) in [5.74, 6) is 0.796. The Morgan fingerprint density at radius 3 is 2.84 bits per heavy atom. The molecule has 0 spiro atoms. The third-order valence-corrected chi connectivity index (χ3v) is 3.36. The van der Waals surface area contributed by atoms with Gasteiger partial charge in [-0.3, -0.25) is 9.97 Å². The van der Waals surface area contributed by atoms with Gasteiger partial charge in [0.2, 0.25) is 0 Å². The Labute approximate surface area is 115 Å². The van der Waals surface area contributed by atoms with E-state index in [0.717, 1.165) is 22.6 Å². The number of hydrogen-bond donors (Lipinski definition) is 1. The van der Waals surface area contributed by atoms with E-state index < -0.39 is 0 Å². The van der Waals surface area contributed by atoms with Crippen molar-refractivity contribution in [2.75, 3.05) is 5.32 Å². The predicted molar refractivity (Wildman–Crippen MR) is 76.9 cm³/mol. The normalized spacial score (nSPS) is 10.3. The van der Waals surface area contributed by atoms with Crippen LogP contribution in [0.1, 0.15) is 5.56 Å². The summed E-state index contributed by atoms with van der Waals surface area (Å²) in [4.78, 5) is 12.9. The van der Waals surface area contributed by atoms with Crippen molar-refractivity contribution in [3.8, 4) is 11.3 Å². The minimum absolute atomic E-state index is 0.684. The molecule has 0 aromatic carbocycles. The largest absolute Gasteiger partial charge is 0.364 e. The minimum atomic E-state index is 0.684. The Morgan fingerprint density at radius 2 is 2.05 bits per heavy atom. The molecule has 3 aromatic heterocycles. The van der Waals surface area contributed by atoms with Crippen molar-refractivity contribution in [1.82, 2.24) is 15.0 Å². The highest BCUT2D eigenvalue weighted by Gasteiger charge is 2.07. The van der Waals surface area contributed by atoms with E-state index in [1.165, 1.54) is 0 Å². The molecule has 94 valence electrons. The average molecular weight is 268 g/mol. The Morgan fingerprint density at radius 1 is 1.11 bits per heavy atom. The average Bonchev–Trinajstić information content (AvgIpc) is 3.01. The highest BCUT2D eigenvalue weighted by Crippen LogP contribution is 2.25. The molecule has 0 radical (unpaired) electrons. The molecule has 3 aromatic rings. The van der Waals surface area contributed by atoms with Crippen molar-refractivity contribution >= 4 is 17.2 Å². The number of aromatic nitrogens is 3. The number of rotatable bonds is 4. The summed E-state index contributed by atoms with van der Waals surface area (Å²) in [6.45, 7) is 0.684. The van der Waals surface area contributed by atoms with Crippen molar-refractivity contribution in [1.29, 1.82) is 0 Å². The Bertz CT molecular complexity index is 638. The number of nitrogens with zero attached hydrogens (tertiary/aromatic N) is 3. The second kappa shape index (κ2) is 5.58. The summed E-state index contributed by atoms with van der Waals surface area (Å²) in [6, 6.07) is 6.00. The molecular formula is C14H12N4S. The van der Waals surface area contributed by atoms with Crippen molar-refractivity contribution in [3.05, 3.63) is 59.3 Å². The van der Waals surface area contributed by atoms with Crippen LogP contribution in [-0.4, -0.2) is 15.0 Å². The molecule has 0 fully saturated rings. The van der Waals surface area contributed by atoms with Gasteiger partial charge in [-0.2, -0.15) is 11.3 Å². The zero-order valence-electron chi connectivity index (χ0n) is 10.2. The lowest BCUT2D eigenvalue weighted by Gasteiger charge is -2.08. The van der Waals surface area contributed by atoms with E-state index in [1.807, 2.05) is 29.8 Å². The first kappa shape index (κ1) is 11.8. The molecule has 5 heteroatoms. The molecule has 0 saturated heterocycles. The van der Waals surface area contributed by atoms with Crippen LogP contribution >= 0.6 is 11.3 Å². The number of hydrogen-bond acceptors (Lipinski definition) is 5. The minimum Gasteiger partial charge on any atom is -0.364 e. The molecular weight excluding hydrogens is 256 g/mol. The van der Waals surface area contributed by atoms with Crippen LogP contribution < -0.4 is 5.32 Å². The first-order chi connectivity index (χ1) is 9.43. The van der Waals surface area contributed by atoms with E-state index in [1.54, 1.807) is 29.9 Å². The van der Waals surface area contributed by atoms with Gasteiger partial charge >= 0.3 is 0 Å². The van der Waals surface area contributed by atoms with E-state index in [2.05, 4.69) is 25.6 Å². The predicted octanol–water partition coefficient (Wildman–Crippen LogP) is 3.21. The molecule has 1 N–H and O–H groups in total. The van der Waals surface area contributed by atoms with Crippen molar-refractivity contribution in [2.45, 2.75) is 6.54 Å². The summed E-state index contributed by atoms with van der Waals surface area (Å²) >= 11 is 1.65. The third kappa shape index (κ3) is 2.77. The van der Waals surface area contributed by atoms with E-state index in [-0.39, 0.29) is 0 Å². The molecule has 0 saturated carbocycles. The van der Waals surface area contributed by atoms with E-state index in [0.29, 0.717) is 6.54 Å².